The summed E-state index contributed by atoms with van der Waals surface area (Å²) in [5, 5.41) is 5.89. The van der Waals surface area contributed by atoms with Crippen molar-refractivity contribution in [2.24, 2.45) is 24.8 Å². The third kappa shape index (κ3) is 3.36. The SMILES string of the molecule is Cn1cccc1[C@H]1CCC[NH+]1CC(=O)NC(=O)NC12CC3CC(CC(C3)C1)C2. The van der Waals surface area contributed by atoms with Crippen LogP contribution in [0.4, 0.5) is 4.79 Å². The molecule has 1 aromatic heterocycles. The van der Waals surface area contributed by atoms with E-state index in [9.17, 15) is 9.59 Å². The van der Waals surface area contributed by atoms with E-state index < -0.39 is 0 Å². The Hall–Kier alpha value is -1.82. The molecule has 4 saturated carbocycles. The third-order valence-electron chi connectivity index (χ3n) is 7.88. The van der Waals surface area contributed by atoms with Crippen LogP contribution in [0, 0.1) is 17.8 Å². The van der Waals surface area contributed by atoms with Gasteiger partial charge in [0.15, 0.2) is 6.54 Å². The number of amides is 3. The van der Waals surface area contributed by atoms with Gasteiger partial charge in [-0.25, -0.2) is 4.79 Å². The number of carbonyl (C=O) groups is 2. The van der Waals surface area contributed by atoms with Gasteiger partial charge in [0.2, 0.25) is 0 Å². The number of carbonyl (C=O) groups excluding carboxylic acids is 2. The highest BCUT2D eigenvalue weighted by molar-refractivity contribution is 5.95. The highest BCUT2D eigenvalue weighted by Crippen LogP contribution is 2.55. The van der Waals surface area contributed by atoms with Crippen molar-refractivity contribution in [2.45, 2.75) is 62.9 Å². The number of imide groups is 1. The second-order valence-corrected chi connectivity index (χ2v) is 10.0. The van der Waals surface area contributed by atoms with Gasteiger partial charge in [-0.05, 0) is 68.4 Å². The zero-order chi connectivity index (χ0) is 19.3. The number of likely N-dealkylation sites (tertiary alicyclic amines) is 1. The summed E-state index contributed by atoms with van der Waals surface area (Å²) < 4.78 is 2.15. The Balaban J connectivity index is 1.17. The Kier molecular flexibility index (Phi) is 4.49. The number of aromatic nitrogens is 1. The molecule has 1 aliphatic heterocycles. The Morgan fingerprint density at radius 1 is 1.18 bits per heavy atom. The monoisotopic (exact) mass is 385 g/mol. The lowest BCUT2D eigenvalue weighted by Crippen LogP contribution is -3.11. The molecule has 4 bridgehead atoms. The largest absolute Gasteiger partial charge is 0.350 e. The third-order valence-corrected chi connectivity index (χ3v) is 7.88. The quantitative estimate of drug-likeness (QED) is 0.736. The molecule has 28 heavy (non-hydrogen) atoms. The normalized spacial score (nSPS) is 38.5. The van der Waals surface area contributed by atoms with Crippen LogP contribution in [0.15, 0.2) is 18.3 Å². The molecular weight excluding hydrogens is 352 g/mol. The van der Waals surface area contributed by atoms with Crippen LogP contribution in [-0.4, -0.2) is 35.1 Å². The number of urea groups is 1. The minimum atomic E-state index is -0.277. The molecule has 0 aromatic carbocycles. The molecule has 152 valence electrons. The molecule has 1 saturated heterocycles. The molecule has 6 heteroatoms. The summed E-state index contributed by atoms with van der Waals surface area (Å²) in [4.78, 5) is 26.5. The molecule has 2 atom stereocenters. The van der Waals surface area contributed by atoms with Gasteiger partial charge in [-0.3, -0.25) is 10.1 Å². The second-order valence-electron chi connectivity index (χ2n) is 10.0. The van der Waals surface area contributed by atoms with E-state index in [2.05, 4.69) is 40.6 Å². The maximum Gasteiger partial charge on any atom is 0.322 e. The predicted octanol–water partition coefficient (Wildman–Crippen LogP) is 1.54. The molecule has 1 unspecified atom stereocenters. The first-order valence-electron chi connectivity index (χ1n) is 11.1. The standard InChI is InChI=1S/C22H32N4O2/c1-25-6-2-4-18(25)19-5-3-7-26(19)14-20(27)23-21(28)24-22-11-15-8-16(12-22)10-17(9-15)13-22/h2,4,6,15-17,19H,3,5,7-14H2,1H3,(H2,23,24,27,28)/p+1/t15?,16?,17?,19-,22?/m1/s1. The van der Waals surface area contributed by atoms with Gasteiger partial charge in [-0.1, -0.05) is 0 Å². The van der Waals surface area contributed by atoms with Gasteiger partial charge >= 0.3 is 6.03 Å². The molecule has 6 rings (SSSR count). The van der Waals surface area contributed by atoms with Crippen LogP contribution in [0.5, 0.6) is 0 Å². The molecule has 5 aliphatic rings. The van der Waals surface area contributed by atoms with E-state index >= 15 is 0 Å². The van der Waals surface area contributed by atoms with Crippen molar-refractivity contribution in [3.8, 4) is 0 Å². The van der Waals surface area contributed by atoms with Crippen LogP contribution in [0.1, 0.15) is 63.1 Å². The Morgan fingerprint density at radius 2 is 1.86 bits per heavy atom. The van der Waals surface area contributed by atoms with E-state index in [0.29, 0.717) is 12.6 Å². The predicted molar refractivity (Wildman–Crippen MR) is 106 cm³/mol. The van der Waals surface area contributed by atoms with Gasteiger partial charge in [0.25, 0.3) is 5.91 Å². The molecule has 6 nitrogen and oxygen atoms in total. The summed E-state index contributed by atoms with van der Waals surface area (Å²) in [6, 6.07) is 4.27. The number of hydrogen-bond acceptors (Lipinski definition) is 2. The zero-order valence-electron chi connectivity index (χ0n) is 16.9. The lowest BCUT2D eigenvalue weighted by atomic mass is 9.53. The smallest absolute Gasteiger partial charge is 0.322 e. The number of aryl methyl sites for hydroxylation is 1. The van der Waals surface area contributed by atoms with Gasteiger partial charge in [-0.2, -0.15) is 0 Å². The van der Waals surface area contributed by atoms with Gasteiger partial charge in [0, 0.05) is 31.6 Å². The number of quaternary nitrogens is 1. The van der Waals surface area contributed by atoms with Crippen LogP contribution in [-0.2, 0) is 11.8 Å². The Labute approximate surface area is 167 Å². The van der Waals surface area contributed by atoms with Gasteiger partial charge in [0.1, 0.15) is 6.04 Å². The van der Waals surface area contributed by atoms with Crippen LogP contribution in [0.25, 0.3) is 0 Å². The van der Waals surface area contributed by atoms with Crippen LogP contribution >= 0.6 is 0 Å². The fraction of sp³-hybridized carbons (Fsp3) is 0.727. The minimum Gasteiger partial charge on any atom is -0.350 e. The second kappa shape index (κ2) is 6.90. The van der Waals surface area contributed by atoms with Gasteiger partial charge in [-0.15, -0.1) is 0 Å². The number of nitrogens with zero attached hydrogens (tertiary/aromatic N) is 1. The Bertz CT molecular complexity index is 735. The topological polar surface area (TPSA) is 67.6 Å². The minimum absolute atomic E-state index is 0.0504. The van der Waals surface area contributed by atoms with Crippen molar-refractivity contribution in [1.29, 1.82) is 0 Å². The molecule has 0 spiro atoms. The fourth-order valence-corrected chi connectivity index (χ4v) is 7.23. The molecular formula is C22H33N4O2+. The lowest BCUT2D eigenvalue weighted by Gasteiger charge is -2.56. The number of nitrogens with one attached hydrogen (secondary N) is 3. The number of hydrogen-bond donors (Lipinski definition) is 3. The van der Waals surface area contributed by atoms with Crippen molar-refractivity contribution in [2.75, 3.05) is 13.1 Å². The van der Waals surface area contributed by atoms with E-state index in [1.54, 1.807) is 0 Å². The maximum absolute atomic E-state index is 12.6. The molecule has 3 amide bonds. The summed E-state index contributed by atoms with van der Waals surface area (Å²) in [7, 11) is 2.06. The van der Waals surface area contributed by atoms with Crippen molar-refractivity contribution < 1.29 is 14.5 Å². The van der Waals surface area contributed by atoms with Crippen molar-refractivity contribution in [3.05, 3.63) is 24.0 Å². The average molecular weight is 386 g/mol. The van der Waals surface area contributed by atoms with Crippen molar-refractivity contribution >= 4 is 11.9 Å². The maximum atomic E-state index is 12.6. The van der Waals surface area contributed by atoms with Crippen LogP contribution in [0.2, 0.25) is 0 Å². The van der Waals surface area contributed by atoms with Crippen LogP contribution < -0.4 is 15.5 Å². The Morgan fingerprint density at radius 3 is 2.46 bits per heavy atom. The zero-order valence-corrected chi connectivity index (χ0v) is 16.9. The lowest BCUT2D eigenvalue weighted by molar-refractivity contribution is -0.911. The first-order chi connectivity index (χ1) is 13.5. The highest BCUT2D eigenvalue weighted by atomic mass is 16.2. The highest BCUT2D eigenvalue weighted by Gasteiger charge is 2.51. The fourth-order valence-electron chi connectivity index (χ4n) is 7.23. The summed E-state index contributed by atoms with van der Waals surface area (Å²) in [5.74, 6) is 2.19. The van der Waals surface area contributed by atoms with E-state index in [0.717, 1.165) is 56.4 Å². The average Bonchev–Trinajstić information content (AvgIpc) is 3.21. The summed E-state index contributed by atoms with van der Waals surface area (Å²) >= 11 is 0. The van der Waals surface area contributed by atoms with Gasteiger partial charge in [0.05, 0.1) is 12.2 Å². The first-order valence-corrected chi connectivity index (χ1v) is 11.1. The van der Waals surface area contributed by atoms with Crippen molar-refractivity contribution in [3.63, 3.8) is 0 Å². The molecule has 5 fully saturated rings. The molecule has 0 radical (unpaired) electrons. The molecule has 1 aromatic rings. The van der Waals surface area contributed by atoms with Gasteiger partial charge < -0.3 is 14.8 Å². The molecule has 4 aliphatic carbocycles. The van der Waals surface area contributed by atoms with Crippen LogP contribution in [0.3, 0.4) is 0 Å². The first kappa shape index (κ1) is 18.2. The van der Waals surface area contributed by atoms with E-state index in [4.69, 9.17) is 0 Å². The van der Waals surface area contributed by atoms with E-state index in [1.807, 2.05) is 0 Å². The summed E-state index contributed by atoms with van der Waals surface area (Å²) in [6.45, 7) is 1.35. The van der Waals surface area contributed by atoms with E-state index in [-0.39, 0.29) is 17.5 Å². The molecule has 2 heterocycles. The summed E-state index contributed by atoms with van der Waals surface area (Å²) in [6.07, 6.45) is 11.6. The molecule has 3 N–H and O–H groups in total. The number of rotatable bonds is 4. The van der Waals surface area contributed by atoms with E-state index in [1.165, 1.54) is 29.9 Å². The van der Waals surface area contributed by atoms with Crippen molar-refractivity contribution in [1.82, 2.24) is 15.2 Å². The summed E-state index contributed by atoms with van der Waals surface area (Å²) in [5.41, 5.74) is 1.23.